The third-order valence-electron chi connectivity index (χ3n) is 2.51. The molecule has 1 rings (SSSR count). The summed E-state index contributed by atoms with van der Waals surface area (Å²) < 4.78 is 5.03. The fourth-order valence-corrected chi connectivity index (χ4v) is 1.69. The summed E-state index contributed by atoms with van der Waals surface area (Å²) in [6, 6.07) is 3.41. The van der Waals surface area contributed by atoms with Crippen LogP contribution in [0.2, 0.25) is 0 Å². The van der Waals surface area contributed by atoms with E-state index in [1.54, 1.807) is 30.3 Å². The minimum atomic E-state index is -0.0913. The Morgan fingerprint density at radius 1 is 1.56 bits per heavy atom. The van der Waals surface area contributed by atoms with Gasteiger partial charge in [-0.3, -0.25) is 4.79 Å². The second-order valence-electron chi connectivity index (χ2n) is 4.57. The molecular weight excluding hydrogens is 230 g/mol. The van der Waals surface area contributed by atoms with Crippen molar-refractivity contribution in [1.29, 1.82) is 0 Å². The predicted octanol–water partition coefficient (Wildman–Crippen LogP) is 1.41. The number of hydrogen-bond acceptors (Lipinski definition) is 4. The molecule has 0 aromatic carbocycles. The number of hydrogen-bond donors (Lipinski definition) is 1. The van der Waals surface area contributed by atoms with E-state index in [9.17, 15) is 4.79 Å². The van der Waals surface area contributed by atoms with Gasteiger partial charge < -0.3 is 15.4 Å². The van der Waals surface area contributed by atoms with Gasteiger partial charge in [-0.1, -0.05) is 13.8 Å². The Kier molecular flexibility index (Phi) is 5.58. The van der Waals surface area contributed by atoms with Gasteiger partial charge in [-0.05, 0) is 18.1 Å². The van der Waals surface area contributed by atoms with Crippen molar-refractivity contribution in [2.24, 2.45) is 5.92 Å². The Hall–Kier alpha value is -1.62. The number of carbonyl (C=O) groups is 1. The minimum absolute atomic E-state index is 0.0913. The van der Waals surface area contributed by atoms with Crippen molar-refractivity contribution in [2.45, 2.75) is 13.8 Å². The topological polar surface area (TPSA) is 68.5 Å². The highest BCUT2D eigenvalue weighted by Crippen LogP contribution is 2.12. The van der Waals surface area contributed by atoms with E-state index in [4.69, 9.17) is 10.5 Å². The maximum absolute atomic E-state index is 12.4. The molecule has 5 nitrogen and oxygen atoms in total. The van der Waals surface area contributed by atoms with Crippen molar-refractivity contribution in [1.82, 2.24) is 9.88 Å². The molecule has 0 atom stereocenters. The summed E-state index contributed by atoms with van der Waals surface area (Å²) in [6.07, 6.45) is 1.58. The largest absolute Gasteiger partial charge is 0.383 e. The maximum Gasteiger partial charge on any atom is 0.257 e. The fraction of sp³-hybridized carbons (Fsp3) is 0.538. The van der Waals surface area contributed by atoms with Gasteiger partial charge in [0.1, 0.15) is 5.82 Å². The lowest BCUT2D eigenvalue weighted by Crippen LogP contribution is -2.37. The number of amides is 1. The quantitative estimate of drug-likeness (QED) is 0.830. The van der Waals surface area contributed by atoms with Gasteiger partial charge in [-0.15, -0.1) is 0 Å². The molecule has 0 unspecified atom stereocenters. The van der Waals surface area contributed by atoms with Crippen LogP contribution in [0.5, 0.6) is 0 Å². The molecule has 0 bridgehead atoms. The molecule has 0 spiro atoms. The van der Waals surface area contributed by atoms with Crippen LogP contribution >= 0.6 is 0 Å². The molecule has 0 saturated heterocycles. The van der Waals surface area contributed by atoms with Crippen molar-refractivity contribution in [3.63, 3.8) is 0 Å². The van der Waals surface area contributed by atoms with Crippen LogP contribution in [0.1, 0.15) is 24.2 Å². The summed E-state index contributed by atoms with van der Waals surface area (Å²) >= 11 is 0. The van der Waals surface area contributed by atoms with Gasteiger partial charge in [0.2, 0.25) is 0 Å². The zero-order valence-electron chi connectivity index (χ0n) is 11.2. The molecule has 2 N–H and O–H groups in total. The van der Waals surface area contributed by atoms with Crippen LogP contribution < -0.4 is 5.73 Å². The molecule has 5 heteroatoms. The van der Waals surface area contributed by atoms with Gasteiger partial charge in [0, 0.05) is 26.4 Å². The third kappa shape index (κ3) is 4.00. The highest BCUT2D eigenvalue weighted by Gasteiger charge is 2.18. The number of aromatic nitrogens is 1. The van der Waals surface area contributed by atoms with Crippen LogP contribution in [0.3, 0.4) is 0 Å². The Labute approximate surface area is 108 Å². The summed E-state index contributed by atoms with van der Waals surface area (Å²) in [5, 5.41) is 0. The van der Waals surface area contributed by atoms with E-state index >= 15 is 0 Å². The van der Waals surface area contributed by atoms with E-state index in [-0.39, 0.29) is 11.7 Å². The second kappa shape index (κ2) is 6.96. The molecule has 1 amide bonds. The number of rotatable bonds is 6. The van der Waals surface area contributed by atoms with Crippen LogP contribution in [0.25, 0.3) is 0 Å². The van der Waals surface area contributed by atoms with Gasteiger partial charge in [-0.25, -0.2) is 4.98 Å². The molecule has 1 aromatic heterocycles. The number of anilines is 1. The number of pyridine rings is 1. The highest BCUT2D eigenvalue weighted by atomic mass is 16.5. The summed E-state index contributed by atoms with van der Waals surface area (Å²) in [7, 11) is 1.62. The van der Waals surface area contributed by atoms with Crippen LogP contribution in [0, 0.1) is 5.92 Å². The highest BCUT2D eigenvalue weighted by molar-refractivity contribution is 5.98. The average Bonchev–Trinajstić information content (AvgIpc) is 2.34. The average molecular weight is 251 g/mol. The lowest BCUT2D eigenvalue weighted by Gasteiger charge is -2.24. The number of nitrogen functional groups attached to an aromatic ring is 1. The molecule has 0 aliphatic rings. The first-order valence-electron chi connectivity index (χ1n) is 6.05. The van der Waals surface area contributed by atoms with Crippen molar-refractivity contribution in [3.05, 3.63) is 23.9 Å². The minimum Gasteiger partial charge on any atom is -0.383 e. The van der Waals surface area contributed by atoms with Crippen LogP contribution in [-0.4, -0.2) is 42.6 Å². The molecule has 0 aliphatic carbocycles. The van der Waals surface area contributed by atoms with Crippen LogP contribution in [0.15, 0.2) is 18.3 Å². The molecule has 100 valence electrons. The Bertz CT molecular complexity index is 394. The maximum atomic E-state index is 12.4. The van der Waals surface area contributed by atoms with Gasteiger partial charge >= 0.3 is 0 Å². The SMILES string of the molecule is COCCN(CC(C)C)C(=O)c1cccnc1N. The monoisotopic (exact) mass is 251 g/mol. The van der Waals surface area contributed by atoms with E-state index in [1.807, 2.05) is 0 Å². The molecule has 1 heterocycles. The zero-order chi connectivity index (χ0) is 13.5. The first-order valence-corrected chi connectivity index (χ1v) is 6.05. The van der Waals surface area contributed by atoms with Gasteiger partial charge in [0.25, 0.3) is 5.91 Å². The third-order valence-corrected chi connectivity index (χ3v) is 2.51. The van der Waals surface area contributed by atoms with Crippen molar-refractivity contribution >= 4 is 11.7 Å². The molecule has 0 radical (unpaired) electrons. The first-order chi connectivity index (χ1) is 8.56. The van der Waals surface area contributed by atoms with Crippen molar-refractivity contribution in [3.8, 4) is 0 Å². The molecule has 18 heavy (non-hydrogen) atoms. The Balaban J connectivity index is 2.84. The van der Waals surface area contributed by atoms with Gasteiger partial charge in [-0.2, -0.15) is 0 Å². The number of nitrogens with zero attached hydrogens (tertiary/aromatic N) is 2. The van der Waals surface area contributed by atoms with Crippen LogP contribution in [-0.2, 0) is 4.74 Å². The predicted molar refractivity (Wildman–Crippen MR) is 71.3 cm³/mol. The Morgan fingerprint density at radius 3 is 2.83 bits per heavy atom. The number of nitrogens with two attached hydrogens (primary N) is 1. The number of carbonyl (C=O) groups excluding carboxylic acids is 1. The van der Waals surface area contributed by atoms with E-state index in [0.717, 1.165) is 0 Å². The smallest absolute Gasteiger partial charge is 0.257 e. The first kappa shape index (κ1) is 14.4. The molecule has 0 aliphatic heterocycles. The summed E-state index contributed by atoms with van der Waals surface area (Å²) in [5.74, 6) is 0.573. The molecule has 0 fully saturated rings. The van der Waals surface area contributed by atoms with Crippen molar-refractivity contribution in [2.75, 3.05) is 32.5 Å². The van der Waals surface area contributed by atoms with Crippen molar-refractivity contribution < 1.29 is 9.53 Å². The normalized spacial score (nSPS) is 10.7. The Morgan fingerprint density at radius 2 is 2.28 bits per heavy atom. The zero-order valence-corrected chi connectivity index (χ0v) is 11.2. The summed E-state index contributed by atoms with van der Waals surface area (Å²) in [4.78, 5) is 18.0. The summed E-state index contributed by atoms with van der Waals surface area (Å²) in [6.45, 7) is 5.89. The molecule has 0 saturated carbocycles. The second-order valence-corrected chi connectivity index (χ2v) is 4.57. The van der Waals surface area contributed by atoms with Gasteiger partial charge in [0.05, 0.1) is 12.2 Å². The number of methoxy groups -OCH3 is 1. The van der Waals surface area contributed by atoms with E-state index in [1.165, 1.54) is 0 Å². The molecule has 1 aromatic rings. The standard InChI is InChI=1S/C13H21N3O2/c1-10(2)9-16(7-8-18-3)13(17)11-5-4-6-15-12(11)14/h4-6,10H,7-9H2,1-3H3,(H2,14,15). The molecular formula is C13H21N3O2. The van der Waals surface area contributed by atoms with Crippen LogP contribution in [0.4, 0.5) is 5.82 Å². The van der Waals surface area contributed by atoms with E-state index < -0.39 is 0 Å². The lowest BCUT2D eigenvalue weighted by molar-refractivity contribution is 0.0673. The van der Waals surface area contributed by atoms with E-state index in [2.05, 4.69) is 18.8 Å². The summed E-state index contributed by atoms with van der Waals surface area (Å²) in [5.41, 5.74) is 6.18. The van der Waals surface area contributed by atoms with E-state index in [0.29, 0.717) is 31.2 Å². The number of ether oxygens (including phenoxy) is 1. The fourth-order valence-electron chi connectivity index (χ4n) is 1.69. The lowest BCUT2D eigenvalue weighted by atomic mass is 10.1. The van der Waals surface area contributed by atoms with Gasteiger partial charge in [0.15, 0.2) is 0 Å².